The molecule has 6 heteroatoms. The molecule has 0 amide bonds. The fourth-order valence-electron chi connectivity index (χ4n) is 0.872. The molecule has 0 fully saturated rings. The summed E-state index contributed by atoms with van der Waals surface area (Å²) in [6.07, 6.45) is 1.42. The molecule has 1 N–H and O–H groups in total. The topological polar surface area (TPSA) is 49.0 Å². The number of hydrogen-bond donors (Lipinski definition) is 1. The molecule has 0 radical (unpaired) electrons. The normalized spacial score (nSPS) is 10.1. The number of anilines is 1. The largest absolute Gasteiger partial charge is 0.358 e. The predicted octanol–water partition coefficient (Wildman–Crippen LogP) is 1.21. The third-order valence-electron chi connectivity index (χ3n) is 1.56. The van der Waals surface area contributed by atoms with Gasteiger partial charge in [0.15, 0.2) is 0 Å². The van der Waals surface area contributed by atoms with Crippen molar-refractivity contribution in [2.45, 2.75) is 0 Å². The molecule has 1 aromatic heterocycles. The Morgan fingerprint density at radius 1 is 1.77 bits per heavy atom. The third-order valence-corrected chi connectivity index (χ3v) is 2.89. The Labute approximate surface area is 98.0 Å². The summed E-state index contributed by atoms with van der Waals surface area (Å²) in [6.45, 7) is 0.826. The van der Waals surface area contributed by atoms with Crippen LogP contribution >= 0.6 is 38.5 Å². The van der Waals surface area contributed by atoms with Gasteiger partial charge in [0, 0.05) is 18.9 Å². The number of halogens is 2. The first-order chi connectivity index (χ1) is 6.16. The first kappa shape index (κ1) is 11.0. The van der Waals surface area contributed by atoms with Gasteiger partial charge in [0.1, 0.15) is 9.39 Å². The second kappa shape index (κ2) is 4.94. The number of aromatic amines is 1. The molecule has 0 aliphatic heterocycles. The van der Waals surface area contributed by atoms with Crippen LogP contribution in [0.2, 0.25) is 0 Å². The van der Waals surface area contributed by atoms with Crippen LogP contribution in [0.25, 0.3) is 0 Å². The van der Waals surface area contributed by atoms with Gasteiger partial charge in [-0.1, -0.05) is 15.9 Å². The molecule has 0 aliphatic carbocycles. The van der Waals surface area contributed by atoms with Gasteiger partial charge in [0.05, 0.1) is 6.33 Å². The van der Waals surface area contributed by atoms with Gasteiger partial charge in [-0.3, -0.25) is 4.79 Å². The lowest BCUT2D eigenvalue weighted by Gasteiger charge is -2.16. The predicted molar refractivity (Wildman–Crippen MR) is 64.6 cm³/mol. The summed E-state index contributed by atoms with van der Waals surface area (Å²) < 4.78 is 0.628. The van der Waals surface area contributed by atoms with Crippen molar-refractivity contribution in [2.75, 3.05) is 23.8 Å². The Kier molecular flexibility index (Phi) is 4.17. The zero-order valence-corrected chi connectivity index (χ0v) is 10.8. The summed E-state index contributed by atoms with van der Waals surface area (Å²) in [5.41, 5.74) is -0.0907. The number of alkyl halides is 1. The molecular formula is C7H9BrIN3O. The van der Waals surface area contributed by atoms with Crippen molar-refractivity contribution < 1.29 is 0 Å². The Morgan fingerprint density at radius 3 is 3.08 bits per heavy atom. The molecule has 0 saturated carbocycles. The molecule has 0 unspecified atom stereocenters. The van der Waals surface area contributed by atoms with E-state index in [0.717, 1.165) is 17.7 Å². The Morgan fingerprint density at radius 2 is 2.46 bits per heavy atom. The average molecular weight is 358 g/mol. The maximum Gasteiger partial charge on any atom is 0.266 e. The quantitative estimate of drug-likeness (QED) is 0.653. The fourth-order valence-corrected chi connectivity index (χ4v) is 2.11. The van der Waals surface area contributed by atoms with E-state index in [2.05, 4.69) is 25.9 Å². The lowest BCUT2D eigenvalue weighted by Crippen LogP contribution is -2.25. The van der Waals surface area contributed by atoms with Crippen LogP contribution in [0, 0.1) is 3.57 Å². The molecule has 1 heterocycles. The standard InChI is InChI=1S/C7H9BrIN3O/c1-12(3-2-8)6-5(9)7(13)11-4-10-6/h4H,2-3H2,1H3,(H,10,11,13). The van der Waals surface area contributed by atoms with Gasteiger partial charge in [-0.2, -0.15) is 0 Å². The third kappa shape index (κ3) is 2.67. The molecule has 13 heavy (non-hydrogen) atoms. The second-order valence-electron chi connectivity index (χ2n) is 2.48. The van der Waals surface area contributed by atoms with E-state index in [1.54, 1.807) is 0 Å². The minimum atomic E-state index is -0.0907. The molecule has 1 aromatic rings. The minimum Gasteiger partial charge on any atom is -0.358 e. The van der Waals surface area contributed by atoms with Crippen molar-refractivity contribution in [3.8, 4) is 0 Å². The van der Waals surface area contributed by atoms with Crippen molar-refractivity contribution in [1.82, 2.24) is 9.97 Å². The summed E-state index contributed by atoms with van der Waals surface area (Å²) in [5, 5.41) is 0.855. The van der Waals surface area contributed by atoms with E-state index in [-0.39, 0.29) is 5.56 Å². The Balaban J connectivity index is 3.00. The highest BCUT2D eigenvalue weighted by Gasteiger charge is 2.08. The fraction of sp³-hybridized carbons (Fsp3) is 0.429. The average Bonchev–Trinajstić information content (AvgIpc) is 2.10. The maximum atomic E-state index is 11.2. The number of rotatable bonds is 3. The van der Waals surface area contributed by atoms with E-state index < -0.39 is 0 Å². The van der Waals surface area contributed by atoms with Gasteiger partial charge in [-0.05, 0) is 22.6 Å². The molecule has 0 bridgehead atoms. The maximum absolute atomic E-state index is 11.2. The highest BCUT2D eigenvalue weighted by atomic mass is 127. The van der Waals surface area contributed by atoms with E-state index in [9.17, 15) is 4.79 Å². The summed E-state index contributed by atoms with van der Waals surface area (Å²) in [7, 11) is 1.91. The van der Waals surface area contributed by atoms with Gasteiger partial charge in [0.25, 0.3) is 5.56 Å². The molecule has 0 saturated heterocycles. The van der Waals surface area contributed by atoms with Crippen LogP contribution < -0.4 is 10.5 Å². The van der Waals surface area contributed by atoms with Crippen LogP contribution in [0.5, 0.6) is 0 Å². The number of aromatic nitrogens is 2. The van der Waals surface area contributed by atoms with Gasteiger partial charge < -0.3 is 9.88 Å². The highest BCUT2D eigenvalue weighted by Crippen LogP contribution is 2.13. The lowest BCUT2D eigenvalue weighted by molar-refractivity contribution is 0.924. The number of hydrogen-bond acceptors (Lipinski definition) is 3. The monoisotopic (exact) mass is 357 g/mol. The number of H-pyrrole nitrogens is 1. The van der Waals surface area contributed by atoms with Crippen LogP contribution in [0.15, 0.2) is 11.1 Å². The van der Waals surface area contributed by atoms with Crippen molar-refractivity contribution in [3.05, 3.63) is 20.3 Å². The van der Waals surface area contributed by atoms with E-state index in [4.69, 9.17) is 0 Å². The first-order valence-electron chi connectivity index (χ1n) is 3.67. The summed E-state index contributed by atoms with van der Waals surface area (Å²) in [6, 6.07) is 0. The zero-order chi connectivity index (χ0) is 9.84. The molecule has 72 valence electrons. The summed E-state index contributed by atoms with van der Waals surface area (Å²) in [5.74, 6) is 0.726. The molecule has 1 rings (SSSR count). The smallest absolute Gasteiger partial charge is 0.266 e. The van der Waals surface area contributed by atoms with E-state index in [1.165, 1.54) is 6.33 Å². The molecular weight excluding hydrogens is 349 g/mol. The SMILES string of the molecule is CN(CCBr)c1nc[nH]c(=O)c1I. The highest BCUT2D eigenvalue weighted by molar-refractivity contribution is 14.1. The van der Waals surface area contributed by atoms with Gasteiger partial charge in [0.2, 0.25) is 0 Å². The van der Waals surface area contributed by atoms with Crippen LogP contribution in [0.4, 0.5) is 5.82 Å². The molecule has 0 aromatic carbocycles. The van der Waals surface area contributed by atoms with Crippen molar-refractivity contribution in [3.63, 3.8) is 0 Å². The summed E-state index contributed by atoms with van der Waals surface area (Å²) in [4.78, 5) is 19.8. The first-order valence-corrected chi connectivity index (χ1v) is 5.87. The van der Waals surface area contributed by atoms with Crippen molar-refractivity contribution in [2.24, 2.45) is 0 Å². The van der Waals surface area contributed by atoms with Gasteiger partial charge >= 0.3 is 0 Å². The molecule has 0 atom stereocenters. The van der Waals surface area contributed by atoms with Crippen LogP contribution in [0.1, 0.15) is 0 Å². The van der Waals surface area contributed by atoms with E-state index in [0.29, 0.717) is 3.57 Å². The second-order valence-corrected chi connectivity index (χ2v) is 4.35. The van der Waals surface area contributed by atoms with Gasteiger partial charge in [-0.25, -0.2) is 4.98 Å². The van der Waals surface area contributed by atoms with Crippen LogP contribution in [0.3, 0.4) is 0 Å². The van der Waals surface area contributed by atoms with E-state index >= 15 is 0 Å². The molecule has 0 aliphatic rings. The number of nitrogens with zero attached hydrogens (tertiary/aromatic N) is 2. The van der Waals surface area contributed by atoms with Gasteiger partial charge in [-0.15, -0.1) is 0 Å². The summed E-state index contributed by atoms with van der Waals surface area (Å²) >= 11 is 5.33. The van der Waals surface area contributed by atoms with Crippen molar-refractivity contribution in [1.29, 1.82) is 0 Å². The number of nitrogens with one attached hydrogen (secondary N) is 1. The van der Waals surface area contributed by atoms with Crippen LogP contribution in [-0.4, -0.2) is 28.9 Å². The lowest BCUT2D eigenvalue weighted by atomic mass is 10.5. The Hall–Kier alpha value is -0.110. The minimum absolute atomic E-state index is 0.0907. The molecule has 4 nitrogen and oxygen atoms in total. The van der Waals surface area contributed by atoms with Crippen LogP contribution in [-0.2, 0) is 0 Å². The molecule has 0 spiro atoms. The Bertz CT molecular complexity index is 341. The zero-order valence-electron chi connectivity index (χ0n) is 7.05. The van der Waals surface area contributed by atoms with Crippen molar-refractivity contribution >= 4 is 44.3 Å². The van der Waals surface area contributed by atoms with E-state index in [1.807, 2.05) is 34.5 Å².